The molecule has 2 N–H and O–H groups in total. The number of para-hydroxylation sites is 1. The number of carbonyl (C=O) groups excluding carboxylic acids is 1. The van der Waals surface area contributed by atoms with E-state index in [4.69, 9.17) is 27.9 Å². The molecule has 0 spiro atoms. The molecule has 0 radical (unpaired) electrons. The fraction of sp³-hybridized carbons (Fsp3) is 0.105. The fourth-order valence-electron chi connectivity index (χ4n) is 2.79. The Balaban J connectivity index is 1.52. The van der Waals surface area contributed by atoms with Crippen molar-refractivity contribution in [3.63, 3.8) is 0 Å². The number of aliphatic imine (C=N–C) groups is 1. The van der Waals surface area contributed by atoms with Crippen LogP contribution in [0.25, 0.3) is 16.6 Å². The average molecular weight is 401 g/mol. The van der Waals surface area contributed by atoms with Gasteiger partial charge in [0.05, 0.1) is 29.2 Å². The summed E-state index contributed by atoms with van der Waals surface area (Å²) in [6.07, 6.45) is 1.79. The van der Waals surface area contributed by atoms with Crippen molar-refractivity contribution in [1.29, 1.82) is 0 Å². The molecule has 8 heteroatoms. The molecule has 1 aromatic heterocycles. The predicted molar refractivity (Wildman–Crippen MR) is 107 cm³/mol. The SMILES string of the molecule is COc1ccc(C(=O)NC2=NCC(c3nc4c(Cl)cccc4[nH]3)=C2)cc1Cl. The molecule has 6 nitrogen and oxygen atoms in total. The topological polar surface area (TPSA) is 79.4 Å². The minimum absolute atomic E-state index is 0.302. The molecule has 0 saturated heterocycles. The highest BCUT2D eigenvalue weighted by Gasteiger charge is 2.17. The molecule has 2 heterocycles. The molecule has 1 aliphatic rings. The summed E-state index contributed by atoms with van der Waals surface area (Å²) in [5, 5.41) is 3.72. The van der Waals surface area contributed by atoms with Crippen LogP contribution in [0.15, 0.2) is 47.5 Å². The number of halogens is 2. The Bertz CT molecular complexity index is 1120. The normalized spacial score (nSPS) is 13.4. The van der Waals surface area contributed by atoms with Crippen LogP contribution in [0.3, 0.4) is 0 Å². The second-order valence-electron chi connectivity index (χ2n) is 5.90. The second kappa shape index (κ2) is 7.06. The van der Waals surface area contributed by atoms with Crippen molar-refractivity contribution in [2.75, 3.05) is 13.7 Å². The number of amides is 1. The molecule has 136 valence electrons. The molecular weight excluding hydrogens is 387 g/mol. The fourth-order valence-corrected chi connectivity index (χ4v) is 3.27. The van der Waals surface area contributed by atoms with Crippen LogP contribution in [0, 0.1) is 0 Å². The van der Waals surface area contributed by atoms with Crippen LogP contribution in [-0.2, 0) is 0 Å². The van der Waals surface area contributed by atoms with E-state index in [1.165, 1.54) is 7.11 Å². The number of aromatic nitrogens is 2. The molecule has 2 aromatic carbocycles. The van der Waals surface area contributed by atoms with Gasteiger partial charge in [0.2, 0.25) is 0 Å². The van der Waals surface area contributed by atoms with Gasteiger partial charge in [-0.15, -0.1) is 0 Å². The summed E-state index contributed by atoms with van der Waals surface area (Å²) in [5.41, 5.74) is 2.84. The van der Waals surface area contributed by atoms with E-state index in [-0.39, 0.29) is 5.91 Å². The van der Waals surface area contributed by atoms with E-state index in [9.17, 15) is 4.79 Å². The smallest absolute Gasteiger partial charge is 0.256 e. The Kier molecular flexibility index (Phi) is 4.59. The lowest BCUT2D eigenvalue weighted by molar-refractivity contribution is 0.0977. The van der Waals surface area contributed by atoms with Gasteiger partial charge in [-0.2, -0.15) is 0 Å². The van der Waals surface area contributed by atoms with E-state index in [1.54, 1.807) is 30.3 Å². The number of ether oxygens (including phenoxy) is 1. The number of fused-ring (bicyclic) bond motifs is 1. The van der Waals surface area contributed by atoms with E-state index in [0.29, 0.717) is 45.1 Å². The highest BCUT2D eigenvalue weighted by atomic mass is 35.5. The molecule has 0 bridgehead atoms. The zero-order chi connectivity index (χ0) is 19.0. The van der Waals surface area contributed by atoms with Gasteiger partial charge in [-0.1, -0.05) is 29.3 Å². The number of nitrogens with zero attached hydrogens (tertiary/aromatic N) is 2. The minimum atomic E-state index is -0.302. The highest BCUT2D eigenvalue weighted by Crippen LogP contribution is 2.26. The summed E-state index contributed by atoms with van der Waals surface area (Å²) in [6, 6.07) is 10.4. The maximum absolute atomic E-state index is 12.4. The molecule has 0 atom stereocenters. The molecule has 1 amide bonds. The lowest BCUT2D eigenvalue weighted by Crippen LogP contribution is -2.28. The third kappa shape index (κ3) is 3.41. The van der Waals surface area contributed by atoms with E-state index in [0.717, 1.165) is 11.1 Å². The summed E-state index contributed by atoms with van der Waals surface area (Å²) in [6.45, 7) is 0.413. The summed E-state index contributed by atoms with van der Waals surface area (Å²) in [4.78, 5) is 24.5. The number of carbonyl (C=O) groups is 1. The van der Waals surface area contributed by atoms with Crippen LogP contribution >= 0.6 is 23.2 Å². The first-order chi connectivity index (χ1) is 13.0. The molecule has 0 saturated carbocycles. The maximum atomic E-state index is 12.4. The number of hydrogen-bond acceptors (Lipinski definition) is 4. The van der Waals surface area contributed by atoms with Crippen molar-refractivity contribution in [2.45, 2.75) is 0 Å². The van der Waals surface area contributed by atoms with Crippen molar-refractivity contribution in [1.82, 2.24) is 15.3 Å². The summed E-state index contributed by atoms with van der Waals surface area (Å²) < 4.78 is 5.09. The Morgan fingerprint density at radius 1 is 1.22 bits per heavy atom. The Morgan fingerprint density at radius 3 is 2.81 bits per heavy atom. The number of amidine groups is 1. The third-order valence-corrected chi connectivity index (χ3v) is 4.75. The van der Waals surface area contributed by atoms with Crippen LogP contribution in [0.4, 0.5) is 0 Å². The van der Waals surface area contributed by atoms with Gasteiger partial charge in [-0.3, -0.25) is 9.79 Å². The number of methoxy groups -OCH3 is 1. The summed E-state index contributed by atoms with van der Waals surface area (Å²) in [7, 11) is 1.52. The Labute approximate surface area is 164 Å². The zero-order valence-corrected chi connectivity index (χ0v) is 15.7. The first-order valence-electron chi connectivity index (χ1n) is 8.09. The van der Waals surface area contributed by atoms with Gasteiger partial charge in [0.15, 0.2) is 0 Å². The van der Waals surface area contributed by atoms with E-state index in [1.807, 2.05) is 12.1 Å². The van der Waals surface area contributed by atoms with Crippen molar-refractivity contribution >= 4 is 51.6 Å². The molecule has 0 fully saturated rings. The van der Waals surface area contributed by atoms with E-state index >= 15 is 0 Å². The largest absolute Gasteiger partial charge is 0.495 e. The maximum Gasteiger partial charge on any atom is 0.256 e. The summed E-state index contributed by atoms with van der Waals surface area (Å²) in [5.74, 6) is 1.35. The number of imidazole rings is 1. The molecule has 4 rings (SSSR count). The molecular formula is C19H14Cl2N4O2. The molecule has 0 aliphatic carbocycles. The minimum Gasteiger partial charge on any atom is -0.495 e. The Hall–Kier alpha value is -2.83. The van der Waals surface area contributed by atoms with Crippen molar-refractivity contribution in [3.05, 3.63) is 63.9 Å². The number of hydrogen-bond donors (Lipinski definition) is 2. The van der Waals surface area contributed by atoms with Crippen molar-refractivity contribution in [3.8, 4) is 5.75 Å². The predicted octanol–water partition coefficient (Wildman–Crippen LogP) is 4.10. The van der Waals surface area contributed by atoms with Gasteiger partial charge in [0, 0.05) is 11.1 Å². The molecule has 3 aromatic rings. The van der Waals surface area contributed by atoms with Crippen LogP contribution in [0.2, 0.25) is 10.0 Å². The monoisotopic (exact) mass is 400 g/mol. The standard InChI is InChI=1S/C19H14Cl2N4O2/c1-27-15-6-5-10(7-13(15)21)19(26)24-16-8-11(9-22-16)18-23-14-4-2-3-12(20)17(14)25-18/h2-8H,9H2,1H3,(H,23,25)(H,22,24,26). The highest BCUT2D eigenvalue weighted by molar-refractivity contribution is 6.35. The number of aromatic amines is 1. The first-order valence-corrected chi connectivity index (χ1v) is 8.85. The van der Waals surface area contributed by atoms with Gasteiger partial charge >= 0.3 is 0 Å². The Morgan fingerprint density at radius 2 is 2.07 bits per heavy atom. The van der Waals surface area contributed by atoms with Gasteiger partial charge in [-0.05, 0) is 36.4 Å². The van der Waals surface area contributed by atoms with Crippen LogP contribution in [0.5, 0.6) is 5.75 Å². The van der Waals surface area contributed by atoms with Gasteiger partial charge in [0.25, 0.3) is 5.91 Å². The van der Waals surface area contributed by atoms with Crippen LogP contribution in [0.1, 0.15) is 16.2 Å². The molecule has 0 unspecified atom stereocenters. The lowest BCUT2D eigenvalue weighted by atomic mass is 10.2. The second-order valence-corrected chi connectivity index (χ2v) is 6.71. The summed E-state index contributed by atoms with van der Waals surface area (Å²) >= 11 is 12.2. The lowest BCUT2D eigenvalue weighted by Gasteiger charge is -2.06. The van der Waals surface area contributed by atoms with E-state index in [2.05, 4.69) is 20.3 Å². The molecule has 27 heavy (non-hydrogen) atoms. The van der Waals surface area contributed by atoms with Gasteiger partial charge in [-0.25, -0.2) is 4.98 Å². The number of benzene rings is 2. The average Bonchev–Trinajstić information content (AvgIpc) is 3.29. The van der Waals surface area contributed by atoms with Crippen molar-refractivity contribution < 1.29 is 9.53 Å². The first kappa shape index (κ1) is 17.6. The van der Waals surface area contributed by atoms with Crippen LogP contribution < -0.4 is 10.1 Å². The molecule has 1 aliphatic heterocycles. The van der Waals surface area contributed by atoms with Gasteiger partial charge in [0.1, 0.15) is 22.9 Å². The van der Waals surface area contributed by atoms with Crippen LogP contribution in [-0.4, -0.2) is 35.4 Å². The van der Waals surface area contributed by atoms with E-state index < -0.39 is 0 Å². The van der Waals surface area contributed by atoms with Crippen molar-refractivity contribution in [2.24, 2.45) is 4.99 Å². The quantitative estimate of drug-likeness (QED) is 0.694. The zero-order valence-electron chi connectivity index (χ0n) is 14.2. The van der Waals surface area contributed by atoms with Gasteiger partial charge < -0.3 is 15.0 Å². The third-order valence-electron chi connectivity index (χ3n) is 4.15. The number of nitrogens with one attached hydrogen (secondary N) is 2. The number of rotatable bonds is 3. The number of H-pyrrole nitrogens is 1.